The lowest BCUT2D eigenvalue weighted by Gasteiger charge is -2.31. The van der Waals surface area contributed by atoms with E-state index in [9.17, 15) is 13.5 Å². The first-order chi connectivity index (χ1) is 15.8. The summed E-state index contributed by atoms with van der Waals surface area (Å²) in [5, 5.41) is 23.7. The summed E-state index contributed by atoms with van der Waals surface area (Å²) in [6, 6.07) is 14.7. The number of sulfonamides is 1. The fraction of sp³-hybridized carbons (Fsp3) is 0.391. The van der Waals surface area contributed by atoms with E-state index >= 15 is 0 Å². The Hall–Kier alpha value is -2.95. The number of hydrogen-bond donors (Lipinski definition) is 2. The summed E-state index contributed by atoms with van der Waals surface area (Å²) in [7, 11) is -3.88. The van der Waals surface area contributed by atoms with Gasteiger partial charge in [-0.1, -0.05) is 36.3 Å². The van der Waals surface area contributed by atoms with Crippen LogP contribution in [0.2, 0.25) is 0 Å². The maximum absolute atomic E-state index is 12.1. The summed E-state index contributed by atoms with van der Waals surface area (Å²) in [6.07, 6.45) is 1.26. The molecule has 176 valence electrons. The molecule has 2 aromatic carbocycles. The molecule has 0 bridgehead atoms. The van der Waals surface area contributed by atoms with Gasteiger partial charge in [0.25, 0.3) is 0 Å². The van der Waals surface area contributed by atoms with Crippen LogP contribution in [0.1, 0.15) is 44.0 Å². The van der Waals surface area contributed by atoms with E-state index in [0.717, 1.165) is 31.6 Å². The van der Waals surface area contributed by atoms with Crippen molar-refractivity contribution in [2.75, 3.05) is 18.0 Å². The van der Waals surface area contributed by atoms with E-state index in [-0.39, 0.29) is 16.9 Å². The van der Waals surface area contributed by atoms with Gasteiger partial charge in [0.15, 0.2) is 0 Å². The number of hydrogen-bond acceptors (Lipinski definition) is 7. The first-order valence-electron chi connectivity index (χ1n) is 11.0. The molecule has 1 aliphatic heterocycles. The molecule has 1 saturated heterocycles. The van der Waals surface area contributed by atoms with E-state index in [1.54, 1.807) is 18.2 Å². The summed E-state index contributed by atoms with van der Waals surface area (Å²) < 4.78 is 32.0. The fourth-order valence-corrected chi connectivity index (χ4v) is 5.04. The number of nitrogens with zero attached hydrogens (tertiary/aromatic N) is 4. The van der Waals surface area contributed by atoms with Gasteiger partial charge in [-0.3, -0.25) is 4.57 Å². The maximum Gasteiger partial charge on any atom is 0.322 e. The number of piperidine rings is 1. The molecule has 1 aliphatic rings. The number of aromatic nitrogens is 3. The lowest BCUT2D eigenvalue weighted by Crippen LogP contribution is -2.35. The molecule has 0 spiro atoms. The Balaban J connectivity index is 1.60. The molecule has 0 amide bonds. The molecule has 2 heterocycles. The van der Waals surface area contributed by atoms with Crippen molar-refractivity contribution in [3.05, 3.63) is 59.9 Å². The monoisotopic (exact) mass is 471 g/mol. The maximum atomic E-state index is 12.1. The fourth-order valence-electron chi connectivity index (χ4n) is 4.20. The minimum atomic E-state index is -3.88. The standard InChI is InChI=1S/C23H29N5O4S/c1-3-28-22(16(2)20-9-4-5-10-21(20)33(24,30)31)25-26-23(28)32-19-8-6-7-17(15-19)27-13-11-18(29)12-14-27/h4-10,15-16,18,29H,3,11-14H2,1-2H3,(H2,24,30,31)/t16-/m1/s1. The molecule has 1 fully saturated rings. The van der Waals surface area contributed by atoms with E-state index in [1.165, 1.54) is 6.07 Å². The van der Waals surface area contributed by atoms with E-state index in [2.05, 4.69) is 15.1 Å². The molecule has 3 N–H and O–H groups in total. The number of benzene rings is 2. The normalized spacial score (nSPS) is 16.1. The zero-order chi connectivity index (χ0) is 23.6. The van der Waals surface area contributed by atoms with Gasteiger partial charge in [-0.15, -0.1) is 5.10 Å². The molecule has 33 heavy (non-hydrogen) atoms. The first kappa shape index (κ1) is 23.2. The van der Waals surface area contributed by atoms with Gasteiger partial charge in [0.2, 0.25) is 10.0 Å². The number of primary sulfonamides is 1. The highest BCUT2D eigenvalue weighted by atomic mass is 32.2. The minimum Gasteiger partial charge on any atom is -0.424 e. The van der Waals surface area contributed by atoms with Crippen LogP contribution >= 0.6 is 0 Å². The molecule has 10 heteroatoms. The summed E-state index contributed by atoms with van der Waals surface area (Å²) in [4.78, 5) is 2.30. The molecule has 4 rings (SSSR count). The van der Waals surface area contributed by atoms with Gasteiger partial charge in [-0.25, -0.2) is 13.6 Å². The SMILES string of the molecule is CCn1c(Oc2cccc(N3CCC(O)CC3)c2)nnc1[C@H](C)c1ccccc1S(N)(=O)=O. The van der Waals surface area contributed by atoms with Crippen molar-refractivity contribution in [3.63, 3.8) is 0 Å². The van der Waals surface area contributed by atoms with Crippen LogP contribution in [-0.4, -0.2) is 47.5 Å². The second-order valence-corrected chi connectivity index (χ2v) is 9.74. The summed E-state index contributed by atoms with van der Waals surface area (Å²) in [5.74, 6) is 0.852. The van der Waals surface area contributed by atoms with E-state index < -0.39 is 10.0 Å². The van der Waals surface area contributed by atoms with Crippen LogP contribution in [0.3, 0.4) is 0 Å². The van der Waals surface area contributed by atoms with Crippen molar-refractivity contribution in [1.29, 1.82) is 0 Å². The summed E-state index contributed by atoms with van der Waals surface area (Å²) in [5.41, 5.74) is 1.58. The molecule has 1 aromatic heterocycles. The van der Waals surface area contributed by atoms with Crippen molar-refractivity contribution >= 4 is 15.7 Å². The lowest BCUT2D eigenvalue weighted by molar-refractivity contribution is 0.145. The molecule has 0 saturated carbocycles. The molecular formula is C23H29N5O4S. The quantitative estimate of drug-likeness (QED) is 0.543. The minimum absolute atomic E-state index is 0.0740. The van der Waals surface area contributed by atoms with Gasteiger partial charge < -0.3 is 14.7 Å². The van der Waals surface area contributed by atoms with E-state index in [1.807, 2.05) is 42.7 Å². The van der Waals surface area contributed by atoms with Crippen LogP contribution in [0.25, 0.3) is 0 Å². The number of rotatable bonds is 7. The van der Waals surface area contributed by atoms with Gasteiger partial charge in [-0.05, 0) is 43.5 Å². The Bertz CT molecular complexity index is 1220. The predicted octanol–water partition coefficient (Wildman–Crippen LogP) is 2.85. The largest absolute Gasteiger partial charge is 0.424 e. The average Bonchev–Trinajstić information content (AvgIpc) is 3.21. The van der Waals surface area contributed by atoms with Crippen molar-refractivity contribution in [1.82, 2.24) is 14.8 Å². The molecule has 0 radical (unpaired) electrons. The van der Waals surface area contributed by atoms with Crippen LogP contribution in [0.5, 0.6) is 11.8 Å². The van der Waals surface area contributed by atoms with Gasteiger partial charge in [0.1, 0.15) is 11.6 Å². The lowest BCUT2D eigenvalue weighted by atomic mass is 10.0. The summed E-state index contributed by atoms with van der Waals surface area (Å²) >= 11 is 0. The highest BCUT2D eigenvalue weighted by Gasteiger charge is 2.25. The third kappa shape index (κ3) is 5.02. The first-order valence-corrected chi connectivity index (χ1v) is 12.6. The number of nitrogens with two attached hydrogens (primary N) is 1. The van der Waals surface area contributed by atoms with Crippen molar-refractivity contribution < 1.29 is 18.3 Å². The zero-order valence-electron chi connectivity index (χ0n) is 18.8. The third-order valence-electron chi connectivity index (χ3n) is 6.00. The summed E-state index contributed by atoms with van der Waals surface area (Å²) in [6.45, 7) is 5.95. The van der Waals surface area contributed by atoms with E-state index in [4.69, 9.17) is 9.88 Å². The van der Waals surface area contributed by atoms with Crippen LogP contribution in [0, 0.1) is 0 Å². The highest BCUT2D eigenvalue weighted by molar-refractivity contribution is 7.89. The molecule has 0 aliphatic carbocycles. The second-order valence-electron chi connectivity index (χ2n) is 8.21. The topological polar surface area (TPSA) is 124 Å². The van der Waals surface area contributed by atoms with Gasteiger partial charge >= 0.3 is 6.01 Å². The van der Waals surface area contributed by atoms with Crippen molar-refractivity contribution in [3.8, 4) is 11.8 Å². The molecule has 1 atom stereocenters. The van der Waals surface area contributed by atoms with Crippen molar-refractivity contribution in [2.24, 2.45) is 5.14 Å². The zero-order valence-corrected chi connectivity index (χ0v) is 19.6. The number of aliphatic hydroxyl groups excluding tert-OH is 1. The average molecular weight is 472 g/mol. The van der Waals surface area contributed by atoms with E-state index in [0.29, 0.717) is 29.7 Å². The molecular weight excluding hydrogens is 442 g/mol. The Labute approximate surface area is 193 Å². The number of ether oxygens (including phenoxy) is 1. The number of aliphatic hydroxyl groups is 1. The van der Waals surface area contributed by atoms with Crippen molar-refractivity contribution in [2.45, 2.75) is 50.2 Å². The molecule has 3 aromatic rings. The Morgan fingerprint density at radius 3 is 2.58 bits per heavy atom. The Kier molecular flexibility index (Phi) is 6.68. The van der Waals surface area contributed by atoms with Gasteiger partial charge in [0.05, 0.1) is 11.0 Å². The van der Waals surface area contributed by atoms with Crippen LogP contribution < -0.4 is 14.8 Å². The second kappa shape index (κ2) is 9.50. The Morgan fingerprint density at radius 1 is 1.15 bits per heavy atom. The molecule has 0 unspecified atom stereocenters. The highest BCUT2D eigenvalue weighted by Crippen LogP contribution is 2.32. The predicted molar refractivity (Wildman–Crippen MR) is 125 cm³/mol. The number of anilines is 1. The van der Waals surface area contributed by atoms with Crippen LogP contribution in [0.4, 0.5) is 5.69 Å². The smallest absolute Gasteiger partial charge is 0.322 e. The Morgan fingerprint density at radius 2 is 1.88 bits per heavy atom. The van der Waals surface area contributed by atoms with Gasteiger partial charge in [-0.2, -0.15) is 0 Å². The van der Waals surface area contributed by atoms with Gasteiger partial charge in [0, 0.05) is 37.3 Å². The third-order valence-corrected chi connectivity index (χ3v) is 6.98. The molecule has 9 nitrogen and oxygen atoms in total. The van der Waals surface area contributed by atoms with Crippen LogP contribution in [0.15, 0.2) is 53.4 Å². The van der Waals surface area contributed by atoms with Crippen LogP contribution in [-0.2, 0) is 16.6 Å².